The summed E-state index contributed by atoms with van der Waals surface area (Å²) >= 11 is 0.363. The largest absolute Gasteiger partial charge is 0.497 e. The van der Waals surface area contributed by atoms with Crippen molar-refractivity contribution in [3.05, 3.63) is 89.5 Å². The molecule has 2 fully saturated rings. The fraction of sp³-hybridized carbons (Fsp3) is 0.405. The van der Waals surface area contributed by atoms with Gasteiger partial charge in [0.15, 0.2) is 0 Å². The summed E-state index contributed by atoms with van der Waals surface area (Å²) in [6, 6.07) is 16.0. The third-order valence-corrected chi connectivity index (χ3v) is 13.1. The van der Waals surface area contributed by atoms with Gasteiger partial charge in [-0.1, -0.05) is 57.2 Å². The van der Waals surface area contributed by atoms with E-state index in [4.69, 9.17) is 19.2 Å². The highest BCUT2D eigenvalue weighted by molar-refractivity contribution is 7.92. The van der Waals surface area contributed by atoms with E-state index < -0.39 is 88.6 Å². The number of pyridine rings is 1. The molecular weight excluding hydrogens is 829 g/mol. The summed E-state index contributed by atoms with van der Waals surface area (Å²) in [5.74, 6) is -2.23. The van der Waals surface area contributed by atoms with Gasteiger partial charge in [0.1, 0.15) is 45.0 Å². The lowest BCUT2D eigenvalue weighted by Crippen LogP contribution is -2.60. The second-order valence-electron chi connectivity index (χ2n) is 17.0. The topological polar surface area (TPSA) is 225 Å². The number of fused-ring (bicyclic) bond motifs is 1. The first-order valence-electron chi connectivity index (χ1n) is 19.3. The second kappa shape index (κ2) is 16.8. The van der Waals surface area contributed by atoms with E-state index in [1.165, 1.54) is 11.0 Å². The maximum Gasteiger partial charge on any atom is 0.408 e. The van der Waals surface area contributed by atoms with Crippen molar-refractivity contribution in [2.75, 3.05) is 13.7 Å². The van der Waals surface area contributed by atoms with Crippen LogP contribution in [0.3, 0.4) is 0 Å². The minimum absolute atomic E-state index is 0.0195. The standard InChI is InChI=1S/C42H48N6O11S2/c1-9-25-22-42(25,38(51)46-61(55,56)34-18-17-33(60-34)48(53)54)45-36(49)31-20-27(23-47(31)37(50)35(40(2,3)4)44-39(52)59-41(5,6)7)58-32-21-29(24-13-11-10-12-14-24)43-30-19-26(57-8)15-16-28(30)32/h9-19,21,25,27,31,35H,1,20,22-23H2,2-8H3,(H,44,52)(H,45,49)(H,46,51)/t25-,27-,31+,35-,42-/m1/s1. The van der Waals surface area contributed by atoms with E-state index in [2.05, 4.69) is 17.2 Å². The highest BCUT2D eigenvalue weighted by Gasteiger charge is 2.61. The van der Waals surface area contributed by atoms with Crippen LogP contribution < -0.4 is 24.8 Å². The number of benzene rings is 2. The minimum atomic E-state index is -4.59. The Bertz CT molecular complexity index is 2500. The smallest absolute Gasteiger partial charge is 0.408 e. The van der Waals surface area contributed by atoms with E-state index in [0.29, 0.717) is 39.4 Å². The Labute approximate surface area is 357 Å². The Morgan fingerprint density at radius 1 is 1.05 bits per heavy atom. The Kier molecular flexibility index (Phi) is 12.2. The number of ether oxygens (including phenoxy) is 3. The Balaban J connectivity index is 1.34. The van der Waals surface area contributed by atoms with Crippen LogP contribution in [0.5, 0.6) is 11.5 Å². The molecule has 19 heteroatoms. The van der Waals surface area contributed by atoms with Crippen LogP contribution in [0.2, 0.25) is 0 Å². The summed E-state index contributed by atoms with van der Waals surface area (Å²) < 4.78 is 45.6. The van der Waals surface area contributed by atoms with Gasteiger partial charge in [-0.05, 0) is 62.1 Å². The lowest BCUT2D eigenvalue weighted by molar-refractivity contribution is -0.380. The van der Waals surface area contributed by atoms with Crippen molar-refractivity contribution in [1.82, 2.24) is 25.2 Å². The number of aromatic nitrogens is 1. The van der Waals surface area contributed by atoms with Crippen LogP contribution in [0.25, 0.3) is 22.2 Å². The molecule has 2 aliphatic rings. The molecular formula is C42H48N6O11S2. The number of hydrogen-bond donors (Lipinski definition) is 3. The highest BCUT2D eigenvalue weighted by Crippen LogP contribution is 2.46. The fourth-order valence-corrected chi connectivity index (χ4v) is 9.25. The van der Waals surface area contributed by atoms with Crippen LogP contribution in [0.15, 0.2) is 83.6 Å². The first kappa shape index (κ1) is 44.5. The van der Waals surface area contributed by atoms with Gasteiger partial charge in [-0.15, -0.1) is 6.58 Å². The first-order chi connectivity index (χ1) is 28.5. The van der Waals surface area contributed by atoms with Crippen molar-refractivity contribution in [2.45, 2.75) is 87.9 Å². The molecule has 0 spiro atoms. The number of nitro groups is 1. The van der Waals surface area contributed by atoms with Crippen molar-refractivity contribution < 1.29 is 46.7 Å². The third-order valence-electron chi connectivity index (χ3n) is 10.3. The van der Waals surface area contributed by atoms with Gasteiger partial charge in [0.05, 0.1) is 29.8 Å². The number of methoxy groups -OCH3 is 1. The number of likely N-dealkylation sites (tertiary alicyclic amines) is 1. The number of carbonyl (C=O) groups excluding carboxylic acids is 4. The molecule has 3 N–H and O–H groups in total. The quantitative estimate of drug-likeness (QED) is 0.0832. The number of carbonyl (C=O) groups is 4. The molecule has 3 heterocycles. The second-order valence-corrected chi connectivity index (χ2v) is 19.9. The normalized spacial score (nSPS) is 20.6. The molecule has 324 valence electrons. The molecule has 61 heavy (non-hydrogen) atoms. The Hall–Kier alpha value is -6.08. The molecule has 17 nitrogen and oxygen atoms in total. The van der Waals surface area contributed by atoms with Crippen molar-refractivity contribution in [1.29, 1.82) is 0 Å². The zero-order valence-corrected chi connectivity index (χ0v) is 36.3. The summed E-state index contributed by atoms with van der Waals surface area (Å²) in [6.07, 6.45) is -0.350. The van der Waals surface area contributed by atoms with Gasteiger partial charge >= 0.3 is 11.1 Å². The maximum absolute atomic E-state index is 14.7. The van der Waals surface area contributed by atoms with E-state index in [1.807, 2.05) is 35.1 Å². The number of hydrogen-bond acceptors (Lipinski definition) is 13. The summed E-state index contributed by atoms with van der Waals surface area (Å²) in [5, 5.41) is 16.8. The predicted molar refractivity (Wildman–Crippen MR) is 226 cm³/mol. The van der Waals surface area contributed by atoms with Gasteiger partial charge in [0, 0.05) is 41.5 Å². The van der Waals surface area contributed by atoms with Crippen molar-refractivity contribution in [3.63, 3.8) is 0 Å². The SMILES string of the molecule is C=C[C@@H]1C[C@]1(NC(=O)[C@@H]1C[C@@H](Oc2cc(-c3ccccc3)nc3cc(OC)ccc23)CN1C(=O)[C@@H](NC(=O)OC(C)(C)C)C(C)(C)C)C(=O)NS(=O)(=O)c1ccc([N+](=O)[O-])s1. The number of sulfonamides is 1. The fourth-order valence-electron chi connectivity index (χ4n) is 7.11. The number of amides is 4. The van der Waals surface area contributed by atoms with Crippen LogP contribution in [-0.4, -0.2) is 90.0 Å². The van der Waals surface area contributed by atoms with Gasteiger partial charge < -0.3 is 29.7 Å². The Morgan fingerprint density at radius 2 is 1.75 bits per heavy atom. The lowest BCUT2D eigenvalue weighted by Gasteiger charge is -2.36. The molecule has 4 amide bonds. The van der Waals surface area contributed by atoms with E-state index >= 15 is 0 Å². The molecule has 6 rings (SSSR count). The van der Waals surface area contributed by atoms with Crippen molar-refractivity contribution in [3.8, 4) is 22.8 Å². The molecule has 1 aliphatic heterocycles. The molecule has 4 aromatic rings. The zero-order valence-electron chi connectivity index (χ0n) is 34.7. The van der Waals surface area contributed by atoms with Crippen LogP contribution in [0, 0.1) is 21.4 Å². The molecule has 5 atom stereocenters. The zero-order chi connectivity index (χ0) is 44.7. The molecule has 0 bridgehead atoms. The maximum atomic E-state index is 14.7. The Morgan fingerprint density at radius 3 is 2.34 bits per heavy atom. The first-order valence-corrected chi connectivity index (χ1v) is 21.6. The van der Waals surface area contributed by atoms with Gasteiger partial charge in [-0.2, -0.15) is 0 Å². The lowest BCUT2D eigenvalue weighted by atomic mass is 9.85. The number of alkyl carbamates (subject to hydrolysis) is 1. The number of rotatable bonds is 13. The third kappa shape index (κ3) is 9.78. The van der Waals surface area contributed by atoms with Crippen LogP contribution in [0.1, 0.15) is 54.4 Å². The molecule has 1 aliphatic carbocycles. The molecule has 2 aromatic carbocycles. The molecule has 0 radical (unpaired) electrons. The molecule has 0 unspecified atom stereocenters. The predicted octanol–water partition coefficient (Wildman–Crippen LogP) is 5.73. The van der Waals surface area contributed by atoms with E-state index in [-0.39, 0.29) is 19.4 Å². The van der Waals surface area contributed by atoms with Crippen molar-refractivity contribution in [2.24, 2.45) is 11.3 Å². The minimum Gasteiger partial charge on any atom is -0.497 e. The summed E-state index contributed by atoms with van der Waals surface area (Å²) in [4.78, 5) is 72.8. The van der Waals surface area contributed by atoms with Crippen LogP contribution >= 0.6 is 11.3 Å². The van der Waals surface area contributed by atoms with Gasteiger partial charge in [-0.3, -0.25) is 24.5 Å². The molecule has 1 saturated carbocycles. The summed E-state index contributed by atoms with van der Waals surface area (Å²) in [7, 11) is -3.05. The number of thiophene rings is 1. The highest BCUT2D eigenvalue weighted by atomic mass is 32.2. The molecule has 1 saturated heterocycles. The van der Waals surface area contributed by atoms with E-state index in [9.17, 15) is 37.7 Å². The van der Waals surface area contributed by atoms with E-state index in [0.717, 1.165) is 17.7 Å². The average molecular weight is 877 g/mol. The van der Waals surface area contributed by atoms with Crippen molar-refractivity contribution >= 4 is 61.1 Å². The van der Waals surface area contributed by atoms with Gasteiger partial charge in [0.2, 0.25) is 11.8 Å². The summed E-state index contributed by atoms with van der Waals surface area (Å²) in [6.45, 7) is 13.9. The van der Waals surface area contributed by atoms with Gasteiger partial charge in [0.25, 0.3) is 15.9 Å². The van der Waals surface area contributed by atoms with E-state index in [1.54, 1.807) is 72.9 Å². The molecule has 2 aromatic heterocycles. The van der Waals surface area contributed by atoms with Crippen LogP contribution in [-0.2, 0) is 29.1 Å². The van der Waals surface area contributed by atoms with Gasteiger partial charge in [-0.25, -0.2) is 22.9 Å². The summed E-state index contributed by atoms with van der Waals surface area (Å²) in [5.41, 5.74) is -1.60. The number of nitrogens with one attached hydrogen (secondary N) is 3. The van der Waals surface area contributed by atoms with Crippen LogP contribution in [0.4, 0.5) is 9.80 Å². The average Bonchev–Trinajstić information content (AvgIpc) is 3.47. The number of nitrogens with zero attached hydrogens (tertiary/aromatic N) is 3. The monoisotopic (exact) mass is 876 g/mol.